The zero-order valence-corrected chi connectivity index (χ0v) is 22.0. The Hall–Kier alpha value is -3.67. The molecule has 0 saturated carbocycles. The number of nitro benzene ring substituents is 1. The zero-order chi connectivity index (χ0) is 27.2. The maximum Gasteiger partial charge on any atom is 0.271 e. The molecular weight excluding hydrogens is 488 g/mol. The second-order valence-corrected chi connectivity index (χ2v) is 10.6. The summed E-state index contributed by atoms with van der Waals surface area (Å²) in [7, 11) is -2.80. The van der Waals surface area contributed by atoms with Crippen molar-refractivity contribution in [2.24, 2.45) is 0 Å². The molecule has 2 aromatic carbocycles. The molecule has 0 aliphatic heterocycles. The number of hydrogen-bond donors (Lipinski definition) is 1. The first-order valence-electron chi connectivity index (χ1n) is 11.2. The maximum absolute atomic E-state index is 13.6. The smallest absolute Gasteiger partial charge is 0.271 e. The Labute approximate surface area is 211 Å². The minimum absolute atomic E-state index is 0.0367. The number of rotatable bonds is 11. The standard InChI is InChI=1S/C24H32N4O7S/c1-16(2)25-24(30)18(4)26(14-19-9-7-8-17(3)12-19)23(29)15-27(36(6,33)34)21-13-20(28(31)32)10-11-22(21)35-5/h7-13,16,18H,14-15H2,1-6H3,(H,25,30). The second kappa shape index (κ2) is 11.8. The SMILES string of the molecule is COc1ccc([N+](=O)[O-])cc1N(CC(=O)N(Cc1cccc(C)c1)C(C)C(=O)NC(C)C)S(C)(=O)=O. The third-order valence-corrected chi connectivity index (χ3v) is 6.48. The van der Waals surface area contributed by atoms with Gasteiger partial charge in [-0.2, -0.15) is 0 Å². The Kier molecular flexibility index (Phi) is 9.40. The van der Waals surface area contributed by atoms with Crippen molar-refractivity contribution in [1.82, 2.24) is 10.2 Å². The first-order valence-corrected chi connectivity index (χ1v) is 13.0. The number of anilines is 1. The van der Waals surface area contributed by atoms with E-state index in [1.165, 1.54) is 24.1 Å². The van der Waals surface area contributed by atoms with Gasteiger partial charge in [0.25, 0.3) is 5.69 Å². The molecule has 2 amide bonds. The van der Waals surface area contributed by atoms with Crippen LogP contribution < -0.4 is 14.4 Å². The van der Waals surface area contributed by atoms with Crippen LogP contribution in [0.1, 0.15) is 31.9 Å². The van der Waals surface area contributed by atoms with Crippen LogP contribution in [0.3, 0.4) is 0 Å². The van der Waals surface area contributed by atoms with E-state index in [2.05, 4.69) is 5.32 Å². The van der Waals surface area contributed by atoms with Crippen LogP contribution >= 0.6 is 0 Å². The number of carbonyl (C=O) groups is 2. The minimum atomic E-state index is -4.08. The van der Waals surface area contributed by atoms with Crippen molar-refractivity contribution in [2.45, 2.75) is 46.3 Å². The van der Waals surface area contributed by atoms with Crippen LogP contribution in [-0.2, 0) is 26.2 Å². The first-order chi connectivity index (χ1) is 16.7. The number of ether oxygens (including phenoxy) is 1. The number of carbonyl (C=O) groups excluding carboxylic acids is 2. The molecule has 1 N–H and O–H groups in total. The Morgan fingerprint density at radius 3 is 2.33 bits per heavy atom. The summed E-state index contributed by atoms with van der Waals surface area (Å²) >= 11 is 0. The van der Waals surface area contributed by atoms with Gasteiger partial charge in [0.1, 0.15) is 24.0 Å². The number of hydrogen-bond acceptors (Lipinski definition) is 7. The van der Waals surface area contributed by atoms with Gasteiger partial charge in [0.15, 0.2) is 0 Å². The van der Waals surface area contributed by atoms with Gasteiger partial charge >= 0.3 is 0 Å². The van der Waals surface area contributed by atoms with E-state index in [-0.39, 0.29) is 29.7 Å². The van der Waals surface area contributed by atoms with Gasteiger partial charge in [-0.15, -0.1) is 0 Å². The molecule has 0 heterocycles. The summed E-state index contributed by atoms with van der Waals surface area (Å²) in [5.74, 6) is -1.03. The van der Waals surface area contributed by atoms with Crippen LogP contribution in [0.4, 0.5) is 11.4 Å². The lowest BCUT2D eigenvalue weighted by molar-refractivity contribution is -0.384. The van der Waals surface area contributed by atoms with Gasteiger partial charge < -0.3 is 15.0 Å². The third-order valence-electron chi connectivity index (χ3n) is 5.35. The van der Waals surface area contributed by atoms with Crippen molar-refractivity contribution in [3.8, 4) is 5.75 Å². The van der Waals surface area contributed by atoms with Gasteiger partial charge in [-0.1, -0.05) is 29.8 Å². The summed E-state index contributed by atoms with van der Waals surface area (Å²) in [4.78, 5) is 38.3. The van der Waals surface area contributed by atoms with Crippen molar-refractivity contribution in [3.05, 3.63) is 63.7 Å². The van der Waals surface area contributed by atoms with Crippen LogP contribution in [0.15, 0.2) is 42.5 Å². The lowest BCUT2D eigenvalue weighted by Gasteiger charge is -2.32. The molecule has 196 valence electrons. The molecule has 0 saturated heterocycles. The summed E-state index contributed by atoms with van der Waals surface area (Å²) in [6.45, 7) is 6.39. The van der Waals surface area contributed by atoms with E-state index in [4.69, 9.17) is 4.74 Å². The lowest BCUT2D eigenvalue weighted by Crippen LogP contribution is -2.52. The molecule has 0 radical (unpaired) electrons. The summed E-state index contributed by atoms with van der Waals surface area (Å²) in [6, 6.07) is 9.77. The summed E-state index contributed by atoms with van der Waals surface area (Å²) in [5, 5.41) is 14.1. The number of non-ortho nitro benzene ring substituents is 1. The summed E-state index contributed by atoms with van der Waals surface area (Å²) < 4.78 is 31.5. The van der Waals surface area contributed by atoms with E-state index in [9.17, 15) is 28.1 Å². The molecule has 0 aliphatic rings. The molecule has 36 heavy (non-hydrogen) atoms. The lowest BCUT2D eigenvalue weighted by atomic mass is 10.1. The number of aryl methyl sites for hydroxylation is 1. The van der Waals surface area contributed by atoms with Crippen LogP contribution in [0, 0.1) is 17.0 Å². The molecule has 12 heteroatoms. The van der Waals surface area contributed by atoms with E-state index in [1.807, 2.05) is 25.1 Å². The van der Waals surface area contributed by atoms with Crippen molar-refractivity contribution >= 4 is 33.2 Å². The van der Waals surface area contributed by atoms with Crippen molar-refractivity contribution in [1.29, 1.82) is 0 Å². The Balaban J connectivity index is 2.52. The fourth-order valence-electron chi connectivity index (χ4n) is 3.58. The summed E-state index contributed by atoms with van der Waals surface area (Å²) in [5.41, 5.74) is 1.19. The van der Waals surface area contributed by atoms with E-state index in [1.54, 1.807) is 26.8 Å². The predicted molar refractivity (Wildman–Crippen MR) is 136 cm³/mol. The molecule has 0 aliphatic carbocycles. The third kappa shape index (κ3) is 7.41. The van der Waals surface area contributed by atoms with Gasteiger partial charge in [-0.25, -0.2) is 8.42 Å². The van der Waals surface area contributed by atoms with Gasteiger partial charge in [0, 0.05) is 24.7 Å². The second-order valence-electron chi connectivity index (χ2n) is 8.73. The highest BCUT2D eigenvalue weighted by Gasteiger charge is 2.32. The predicted octanol–water partition coefficient (Wildman–Crippen LogP) is 2.62. The Morgan fingerprint density at radius 2 is 1.81 bits per heavy atom. The highest BCUT2D eigenvalue weighted by molar-refractivity contribution is 7.92. The molecule has 0 fully saturated rings. The van der Waals surface area contributed by atoms with E-state index in [0.717, 1.165) is 27.8 Å². The fourth-order valence-corrected chi connectivity index (χ4v) is 4.42. The molecule has 0 aromatic heterocycles. The molecule has 2 rings (SSSR count). The molecule has 1 atom stereocenters. The van der Waals surface area contributed by atoms with Gasteiger partial charge in [0.2, 0.25) is 21.8 Å². The highest BCUT2D eigenvalue weighted by atomic mass is 32.2. The Bertz CT molecular complexity index is 1230. The van der Waals surface area contributed by atoms with Gasteiger partial charge in [0.05, 0.1) is 18.3 Å². The molecule has 1 unspecified atom stereocenters. The number of benzene rings is 2. The number of amides is 2. The average molecular weight is 521 g/mol. The van der Waals surface area contributed by atoms with Crippen molar-refractivity contribution in [2.75, 3.05) is 24.2 Å². The largest absolute Gasteiger partial charge is 0.495 e. The minimum Gasteiger partial charge on any atom is -0.495 e. The van der Waals surface area contributed by atoms with Crippen LogP contribution in [0.2, 0.25) is 0 Å². The van der Waals surface area contributed by atoms with Gasteiger partial charge in [-0.05, 0) is 39.3 Å². The fraction of sp³-hybridized carbons (Fsp3) is 0.417. The van der Waals surface area contributed by atoms with Crippen LogP contribution in [0.25, 0.3) is 0 Å². The topological polar surface area (TPSA) is 139 Å². The van der Waals surface area contributed by atoms with Gasteiger partial charge in [-0.3, -0.25) is 24.0 Å². The average Bonchev–Trinajstić information content (AvgIpc) is 2.78. The molecule has 0 spiro atoms. The number of methoxy groups -OCH3 is 1. The Morgan fingerprint density at radius 1 is 1.14 bits per heavy atom. The normalized spacial score (nSPS) is 12.1. The van der Waals surface area contributed by atoms with E-state index < -0.39 is 39.3 Å². The van der Waals surface area contributed by atoms with E-state index >= 15 is 0 Å². The summed E-state index contributed by atoms with van der Waals surface area (Å²) in [6.07, 6.45) is 0.887. The first kappa shape index (κ1) is 28.6. The molecule has 2 aromatic rings. The zero-order valence-electron chi connectivity index (χ0n) is 21.2. The van der Waals surface area contributed by atoms with E-state index in [0.29, 0.717) is 0 Å². The van der Waals surface area contributed by atoms with Crippen LogP contribution in [0.5, 0.6) is 5.75 Å². The van der Waals surface area contributed by atoms with Crippen LogP contribution in [-0.4, -0.2) is 62.0 Å². The molecule has 11 nitrogen and oxygen atoms in total. The quantitative estimate of drug-likeness (QED) is 0.355. The molecular formula is C24H32N4O7S. The highest BCUT2D eigenvalue weighted by Crippen LogP contribution is 2.33. The molecule has 0 bridgehead atoms. The number of nitrogens with zero attached hydrogens (tertiary/aromatic N) is 3. The number of sulfonamides is 1. The number of nitro groups is 1. The van der Waals surface area contributed by atoms with Crippen molar-refractivity contribution in [3.63, 3.8) is 0 Å². The van der Waals surface area contributed by atoms with Crippen molar-refractivity contribution < 1.29 is 27.7 Å². The monoisotopic (exact) mass is 520 g/mol. The maximum atomic E-state index is 13.6. The number of nitrogens with one attached hydrogen (secondary N) is 1.